The molecular formula is C19H19F2N5O2. The maximum atomic E-state index is 14.1. The van der Waals surface area contributed by atoms with Crippen molar-refractivity contribution in [1.82, 2.24) is 25.4 Å². The summed E-state index contributed by atoms with van der Waals surface area (Å²) < 4.78 is 28.2. The zero-order valence-electron chi connectivity index (χ0n) is 15.2. The van der Waals surface area contributed by atoms with E-state index in [1.54, 1.807) is 17.0 Å². The van der Waals surface area contributed by atoms with Crippen molar-refractivity contribution in [2.75, 3.05) is 26.2 Å². The fraction of sp³-hybridized carbons (Fsp3) is 0.316. The van der Waals surface area contributed by atoms with E-state index >= 15 is 0 Å². The molecule has 1 saturated heterocycles. The molecule has 2 aromatic heterocycles. The number of piperazine rings is 1. The van der Waals surface area contributed by atoms with Crippen LogP contribution in [0.15, 0.2) is 30.3 Å². The molecule has 0 saturated carbocycles. The molecule has 1 aliphatic heterocycles. The predicted molar refractivity (Wildman–Crippen MR) is 99.3 cm³/mol. The molecule has 146 valence electrons. The van der Waals surface area contributed by atoms with Crippen LogP contribution in [0.3, 0.4) is 0 Å². The molecule has 0 aliphatic carbocycles. The molecule has 9 heteroatoms. The molecule has 7 nitrogen and oxygen atoms in total. The highest BCUT2D eigenvalue weighted by Crippen LogP contribution is 2.35. The van der Waals surface area contributed by atoms with Gasteiger partial charge >= 0.3 is 0 Å². The van der Waals surface area contributed by atoms with Gasteiger partial charge in [0.05, 0.1) is 16.6 Å². The van der Waals surface area contributed by atoms with Crippen LogP contribution >= 0.6 is 0 Å². The number of aromatic nitrogens is 3. The van der Waals surface area contributed by atoms with Gasteiger partial charge in [-0.3, -0.25) is 9.89 Å². The number of aromatic hydroxyl groups is 1. The van der Waals surface area contributed by atoms with Gasteiger partial charge < -0.3 is 15.3 Å². The Kier molecular flexibility index (Phi) is 4.46. The van der Waals surface area contributed by atoms with Gasteiger partial charge in [0.15, 0.2) is 5.65 Å². The second-order valence-electron chi connectivity index (χ2n) is 6.83. The highest BCUT2D eigenvalue weighted by molar-refractivity contribution is 6.07. The minimum Gasteiger partial charge on any atom is -0.508 e. The van der Waals surface area contributed by atoms with Crippen LogP contribution in [0.5, 0.6) is 5.75 Å². The first kappa shape index (κ1) is 18.3. The van der Waals surface area contributed by atoms with Gasteiger partial charge in [0.25, 0.3) is 11.8 Å². The molecule has 0 atom stereocenters. The molecule has 0 bridgehead atoms. The molecule has 4 rings (SSSR count). The molecule has 28 heavy (non-hydrogen) atoms. The van der Waals surface area contributed by atoms with Gasteiger partial charge in [0.1, 0.15) is 11.4 Å². The smallest absolute Gasteiger partial charge is 0.287 e. The second kappa shape index (κ2) is 6.83. The number of aromatic amines is 1. The molecule has 1 fully saturated rings. The largest absolute Gasteiger partial charge is 0.508 e. The molecular weight excluding hydrogens is 368 g/mol. The maximum absolute atomic E-state index is 14.1. The van der Waals surface area contributed by atoms with Crippen LogP contribution in [0.4, 0.5) is 8.78 Å². The summed E-state index contributed by atoms with van der Waals surface area (Å²) in [7, 11) is 0. The van der Waals surface area contributed by atoms with Gasteiger partial charge in [-0.25, -0.2) is 4.98 Å². The molecule has 3 N–H and O–H groups in total. The van der Waals surface area contributed by atoms with Crippen molar-refractivity contribution in [3.63, 3.8) is 0 Å². The quantitative estimate of drug-likeness (QED) is 0.642. The summed E-state index contributed by atoms with van der Waals surface area (Å²) in [5, 5.41) is 19.0. The highest BCUT2D eigenvalue weighted by Gasteiger charge is 2.33. The standard InChI is InChI=1S/C19H19F2N5O2/c1-19(20,21)16-15-13(18(28)26-8-6-22-7-9-26)10-14(23-17(15)25-24-16)11-2-4-12(27)5-3-11/h2-5,10,22,27H,6-9H2,1H3,(H,23,24,25). The third kappa shape index (κ3) is 3.29. The lowest BCUT2D eigenvalue weighted by atomic mass is 10.0. The van der Waals surface area contributed by atoms with Crippen molar-refractivity contribution in [3.8, 4) is 17.0 Å². The van der Waals surface area contributed by atoms with Crippen LogP contribution in [0.1, 0.15) is 23.0 Å². The van der Waals surface area contributed by atoms with E-state index in [-0.39, 0.29) is 28.3 Å². The van der Waals surface area contributed by atoms with Crippen LogP contribution in [0, 0.1) is 0 Å². The number of carbonyl (C=O) groups excluding carboxylic acids is 1. The van der Waals surface area contributed by atoms with Gasteiger partial charge in [0.2, 0.25) is 0 Å². The topological polar surface area (TPSA) is 94.1 Å². The SMILES string of the molecule is CC(F)(F)c1[nH]nc2nc(-c3ccc(O)cc3)cc(C(=O)N3CCNCC3)c12. The van der Waals surface area contributed by atoms with Crippen molar-refractivity contribution < 1.29 is 18.7 Å². The van der Waals surface area contributed by atoms with E-state index in [0.29, 0.717) is 37.4 Å². The summed E-state index contributed by atoms with van der Waals surface area (Å²) in [4.78, 5) is 19.2. The summed E-state index contributed by atoms with van der Waals surface area (Å²) in [6.45, 7) is 3.03. The summed E-state index contributed by atoms with van der Waals surface area (Å²) >= 11 is 0. The molecule has 3 aromatic rings. The van der Waals surface area contributed by atoms with Crippen LogP contribution in [0.2, 0.25) is 0 Å². The average Bonchev–Trinajstić information content (AvgIpc) is 3.12. The molecule has 3 heterocycles. The molecule has 0 radical (unpaired) electrons. The van der Waals surface area contributed by atoms with E-state index in [2.05, 4.69) is 20.5 Å². The Balaban J connectivity index is 1.90. The Hall–Kier alpha value is -3.07. The van der Waals surface area contributed by atoms with Crippen molar-refractivity contribution in [2.24, 2.45) is 0 Å². The van der Waals surface area contributed by atoms with E-state index < -0.39 is 11.6 Å². The van der Waals surface area contributed by atoms with E-state index in [1.807, 2.05) is 0 Å². The van der Waals surface area contributed by atoms with Crippen molar-refractivity contribution in [3.05, 3.63) is 41.6 Å². The number of hydrogen-bond donors (Lipinski definition) is 3. The summed E-state index contributed by atoms with van der Waals surface area (Å²) in [6.07, 6.45) is 0. The number of fused-ring (bicyclic) bond motifs is 1. The highest BCUT2D eigenvalue weighted by atomic mass is 19.3. The molecule has 0 unspecified atom stereocenters. The first-order valence-electron chi connectivity index (χ1n) is 8.91. The average molecular weight is 387 g/mol. The Morgan fingerprint density at radius 1 is 1.21 bits per heavy atom. The maximum Gasteiger partial charge on any atom is 0.287 e. The van der Waals surface area contributed by atoms with Gasteiger partial charge in [-0.2, -0.15) is 13.9 Å². The number of halogens is 2. The monoisotopic (exact) mass is 387 g/mol. The number of phenols is 1. The lowest BCUT2D eigenvalue weighted by molar-refractivity contribution is 0.0142. The number of hydrogen-bond acceptors (Lipinski definition) is 5. The Labute approximate surface area is 159 Å². The normalized spacial score (nSPS) is 15.2. The van der Waals surface area contributed by atoms with E-state index in [0.717, 1.165) is 6.92 Å². The summed E-state index contributed by atoms with van der Waals surface area (Å²) in [5.41, 5.74) is 0.830. The first-order chi connectivity index (χ1) is 13.3. The van der Waals surface area contributed by atoms with E-state index in [9.17, 15) is 18.7 Å². The Bertz CT molecular complexity index is 1020. The Morgan fingerprint density at radius 3 is 2.54 bits per heavy atom. The van der Waals surface area contributed by atoms with Gasteiger partial charge in [0, 0.05) is 38.7 Å². The fourth-order valence-electron chi connectivity index (χ4n) is 3.33. The van der Waals surface area contributed by atoms with Crippen molar-refractivity contribution in [1.29, 1.82) is 0 Å². The van der Waals surface area contributed by atoms with Gasteiger partial charge in [-0.15, -0.1) is 0 Å². The van der Waals surface area contributed by atoms with Gasteiger partial charge in [-0.1, -0.05) is 0 Å². The molecule has 1 amide bonds. The number of nitrogens with zero attached hydrogens (tertiary/aromatic N) is 3. The van der Waals surface area contributed by atoms with E-state index in [1.165, 1.54) is 18.2 Å². The number of phenolic OH excluding ortho intramolecular Hbond substituents is 1. The number of nitrogens with one attached hydrogen (secondary N) is 2. The third-order valence-corrected chi connectivity index (χ3v) is 4.76. The van der Waals surface area contributed by atoms with Gasteiger partial charge in [-0.05, 0) is 30.3 Å². The Morgan fingerprint density at radius 2 is 1.89 bits per heavy atom. The predicted octanol–water partition coefficient (Wildman–Crippen LogP) is 2.49. The van der Waals surface area contributed by atoms with Crippen LogP contribution in [-0.4, -0.2) is 57.3 Å². The number of alkyl halides is 2. The lowest BCUT2D eigenvalue weighted by Crippen LogP contribution is -2.46. The van der Waals surface area contributed by atoms with Crippen LogP contribution < -0.4 is 5.32 Å². The number of rotatable bonds is 3. The van der Waals surface area contributed by atoms with Crippen LogP contribution in [-0.2, 0) is 5.92 Å². The zero-order chi connectivity index (χ0) is 19.9. The second-order valence-corrected chi connectivity index (χ2v) is 6.83. The summed E-state index contributed by atoms with van der Waals surface area (Å²) in [5.74, 6) is -3.44. The number of benzene rings is 1. The first-order valence-corrected chi connectivity index (χ1v) is 8.91. The number of H-pyrrole nitrogens is 1. The zero-order valence-corrected chi connectivity index (χ0v) is 15.2. The number of amides is 1. The van der Waals surface area contributed by atoms with Crippen molar-refractivity contribution >= 4 is 16.9 Å². The minimum atomic E-state index is -3.20. The third-order valence-electron chi connectivity index (χ3n) is 4.76. The number of pyridine rings is 1. The fourth-order valence-corrected chi connectivity index (χ4v) is 3.33. The lowest BCUT2D eigenvalue weighted by Gasteiger charge is -2.28. The molecule has 1 aromatic carbocycles. The number of carbonyl (C=O) groups is 1. The minimum absolute atomic E-state index is 0.0403. The summed E-state index contributed by atoms with van der Waals surface area (Å²) in [6, 6.07) is 7.79. The molecule has 1 aliphatic rings. The van der Waals surface area contributed by atoms with E-state index in [4.69, 9.17) is 0 Å². The molecule has 0 spiro atoms. The van der Waals surface area contributed by atoms with Crippen molar-refractivity contribution in [2.45, 2.75) is 12.8 Å². The van der Waals surface area contributed by atoms with Crippen LogP contribution in [0.25, 0.3) is 22.3 Å².